The summed E-state index contributed by atoms with van der Waals surface area (Å²) in [7, 11) is 0. The zero-order chi connectivity index (χ0) is 11.1. The molecule has 0 aliphatic heterocycles. The normalized spacial score (nSPS) is 9.40. The molecule has 1 rings (SSSR count). The van der Waals surface area contributed by atoms with E-state index in [1.165, 1.54) is 6.26 Å². The summed E-state index contributed by atoms with van der Waals surface area (Å²) in [6.45, 7) is 5.66. The Morgan fingerprint density at radius 2 is 2.07 bits per heavy atom. The van der Waals surface area contributed by atoms with Crippen molar-refractivity contribution in [2.45, 2.75) is 13.3 Å². The van der Waals surface area contributed by atoms with E-state index in [0.29, 0.717) is 18.8 Å². The van der Waals surface area contributed by atoms with Crippen LogP contribution in [0.5, 0.6) is 5.75 Å². The molecule has 1 aromatic rings. The van der Waals surface area contributed by atoms with Crippen LogP contribution in [0.3, 0.4) is 0 Å². The maximum atomic E-state index is 11.2. The van der Waals surface area contributed by atoms with E-state index in [-0.39, 0.29) is 5.97 Å². The van der Waals surface area contributed by atoms with Crippen LogP contribution in [0.1, 0.15) is 12.5 Å². The van der Waals surface area contributed by atoms with Crippen molar-refractivity contribution in [3.05, 3.63) is 42.7 Å². The summed E-state index contributed by atoms with van der Waals surface area (Å²) in [4.78, 5) is 11.2. The minimum Gasteiger partial charge on any atom is -0.466 e. The molecule has 0 heterocycles. The molecule has 3 nitrogen and oxygen atoms in total. The van der Waals surface area contributed by atoms with Gasteiger partial charge < -0.3 is 9.47 Å². The molecule has 0 radical (unpaired) electrons. The second-order valence-electron chi connectivity index (χ2n) is 2.91. The molecule has 3 heteroatoms. The summed E-state index contributed by atoms with van der Waals surface area (Å²) in [5, 5.41) is 0. The Morgan fingerprint density at radius 3 is 2.60 bits per heavy atom. The van der Waals surface area contributed by atoms with E-state index in [1.54, 1.807) is 19.1 Å². The average molecular weight is 206 g/mol. The molecule has 0 fully saturated rings. The Labute approximate surface area is 89.3 Å². The fourth-order valence-electron chi connectivity index (χ4n) is 1.16. The fourth-order valence-corrected chi connectivity index (χ4v) is 1.16. The molecule has 0 amide bonds. The van der Waals surface area contributed by atoms with Gasteiger partial charge in [0, 0.05) is 0 Å². The molecule has 15 heavy (non-hydrogen) atoms. The lowest BCUT2D eigenvalue weighted by Gasteiger charge is -2.03. The molecule has 0 atom stereocenters. The van der Waals surface area contributed by atoms with Gasteiger partial charge in [-0.2, -0.15) is 0 Å². The van der Waals surface area contributed by atoms with Crippen LogP contribution < -0.4 is 4.74 Å². The third-order valence-electron chi connectivity index (χ3n) is 1.80. The summed E-state index contributed by atoms with van der Waals surface area (Å²) < 4.78 is 9.90. The highest BCUT2D eigenvalue weighted by Gasteiger charge is 2.03. The molecule has 0 N–H and O–H groups in total. The molecule has 0 saturated heterocycles. The van der Waals surface area contributed by atoms with Crippen molar-refractivity contribution < 1.29 is 14.3 Å². The first-order valence-corrected chi connectivity index (χ1v) is 4.78. The molecule has 0 spiro atoms. The van der Waals surface area contributed by atoms with Crippen molar-refractivity contribution in [3.8, 4) is 5.75 Å². The molecule has 0 unspecified atom stereocenters. The largest absolute Gasteiger partial charge is 0.466 e. The van der Waals surface area contributed by atoms with Crippen LogP contribution in [-0.2, 0) is 16.0 Å². The van der Waals surface area contributed by atoms with Crippen LogP contribution in [0.4, 0.5) is 0 Å². The smallest absolute Gasteiger partial charge is 0.310 e. The SMILES string of the molecule is C=COc1ccc(CC(=O)OCC)cc1. The molecule has 0 aliphatic rings. The van der Waals surface area contributed by atoms with Crippen LogP contribution in [-0.4, -0.2) is 12.6 Å². The fraction of sp³-hybridized carbons (Fsp3) is 0.250. The van der Waals surface area contributed by atoms with Crippen LogP contribution in [0.2, 0.25) is 0 Å². The maximum Gasteiger partial charge on any atom is 0.310 e. The summed E-state index contributed by atoms with van der Waals surface area (Å²) in [6.07, 6.45) is 1.66. The Bertz CT molecular complexity index is 327. The zero-order valence-corrected chi connectivity index (χ0v) is 8.73. The minimum absolute atomic E-state index is 0.213. The van der Waals surface area contributed by atoms with Gasteiger partial charge in [0.2, 0.25) is 0 Å². The highest BCUT2D eigenvalue weighted by atomic mass is 16.5. The lowest BCUT2D eigenvalue weighted by atomic mass is 10.1. The number of hydrogen-bond donors (Lipinski definition) is 0. The first-order valence-electron chi connectivity index (χ1n) is 4.78. The Balaban J connectivity index is 2.56. The monoisotopic (exact) mass is 206 g/mol. The van der Waals surface area contributed by atoms with E-state index >= 15 is 0 Å². The van der Waals surface area contributed by atoms with Gasteiger partial charge >= 0.3 is 5.97 Å². The number of carbonyl (C=O) groups excluding carboxylic acids is 1. The van der Waals surface area contributed by atoms with E-state index in [4.69, 9.17) is 9.47 Å². The molecular formula is C12H14O3. The van der Waals surface area contributed by atoms with Crippen molar-refractivity contribution in [2.75, 3.05) is 6.61 Å². The van der Waals surface area contributed by atoms with E-state index in [2.05, 4.69) is 6.58 Å². The maximum absolute atomic E-state index is 11.2. The number of rotatable bonds is 5. The van der Waals surface area contributed by atoms with E-state index in [9.17, 15) is 4.79 Å². The highest BCUT2D eigenvalue weighted by molar-refractivity contribution is 5.72. The number of carbonyl (C=O) groups is 1. The Kier molecular flexibility index (Phi) is 4.41. The second-order valence-corrected chi connectivity index (χ2v) is 2.91. The first-order chi connectivity index (χ1) is 7.26. The molecule has 0 aromatic heterocycles. The summed E-state index contributed by atoms with van der Waals surface area (Å²) >= 11 is 0. The number of esters is 1. The molecule has 0 aliphatic carbocycles. The third-order valence-corrected chi connectivity index (χ3v) is 1.80. The number of hydrogen-bond acceptors (Lipinski definition) is 3. The quantitative estimate of drug-likeness (QED) is 0.548. The molecule has 0 saturated carbocycles. The van der Waals surface area contributed by atoms with Gasteiger partial charge in [0.15, 0.2) is 0 Å². The molecule has 0 bridgehead atoms. The Morgan fingerprint density at radius 1 is 1.40 bits per heavy atom. The average Bonchev–Trinajstić information content (AvgIpc) is 2.22. The number of benzene rings is 1. The zero-order valence-electron chi connectivity index (χ0n) is 8.73. The standard InChI is InChI=1S/C12H14O3/c1-3-14-11-7-5-10(6-8-11)9-12(13)15-4-2/h3,5-8H,1,4,9H2,2H3. The van der Waals surface area contributed by atoms with E-state index < -0.39 is 0 Å². The van der Waals surface area contributed by atoms with E-state index in [0.717, 1.165) is 5.56 Å². The molecule has 1 aromatic carbocycles. The van der Waals surface area contributed by atoms with Gasteiger partial charge in [-0.15, -0.1) is 0 Å². The lowest BCUT2D eigenvalue weighted by Crippen LogP contribution is -2.07. The van der Waals surface area contributed by atoms with Gasteiger partial charge in [0.1, 0.15) is 5.75 Å². The van der Waals surface area contributed by atoms with Crippen LogP contribution in [0.15, 0.2) is 37.1 Å². The van der Waals surface area contributed by atoms with Gasteiger partial charge in [0.05, 0.1) is 19.3 Å². The second kappa shape index (κ2) is 5.86. The number of ether oxygens (including phenoxy) is 2. The van der Waals surface area contributed by atoms with Crippen molar-refractivity contribution in [2.24, 2.45) is 0 Å². The van der Waals surface area contributed by atoms with Crippen molar-refractivity contribution >= 4 is 5.97 Å². The van der Waals surface area contributed by atoms with Crippen LogP contribution >= 0.6 is 0 Å². The van der Waals surface area contributed by atoms with Crippen LogP contribution in [0, 0.1) is 0 Å². The topological polar surface area (TPSA) is 35.5 Å². The van der Waals surface area contributed by atoms with E-state index in [1.807, 2.05) is 12.1 Å². The van der Waals surface area contributed by atoms with Crippen molar-refractivity contribution in [1.82, 2.24) is 0 Å². The predicted molar refractivity (Wildman–Crippen MR) is 57.6 cm³/mol. The van der Waals surface area contributed by atoms with Gasteiger partial charge in [-0.1, -0.05) is 18.7 Å². The summed E-state index contributed by atoms with van der Waals surface area (Å²) in [5.41, 5.74) is 0.907. The van der Waals surface area contributed by atoms with Crippen molar-refractivity contribution in [3.63, 3.8) is 0 Å². The van der Waals surface area contributed by atoms with Gasteiger partial charge in [-0.3, -0.25) is 4.79 Å². The Hall–Kier alpha value is -1.77. The summed E-state index contributed by atoms with van der Waals surface area (Å²) in [5.74, 6) is 0.493. The third kappa shape index (κ3) is 3.85. The molecular weight excluding hydrogens is 192 g/mol. The lowest BCUT2D eigenvalue weighted by molar-refractivity contribution is -0.142. The van der Waals surface area contributed by atoms with Gasteiger partial charge in [-0.25, -0.2) is 0 Å². The summed E-state index contributed by atoms with van der Waals surface area (Å²) in [6, 6.07) is 7.23. The van der Waals surface area contributed by atoms with Gasteiger partial charge in [0.25, 0.3) is 0 Å². The minimum atomic E-state index is -0.213. The molecule has 80 valence electrons. The van der Waals surface area contributed by atoms with Gasteiger partial charge in [-0.05, 0) is 24.6 Å². The van der Waals surface area contributed by atoms with Crippen LogP contribution in [0.25, 0.3) is 0 Å². The predicted octanol–water partition coefficient (Wildman–Crippen LogP) is 2.31. The van der Waals surface area contributed by atoms with Crippen molar-refractivity contribution in [1.29, 1.82) is 0 Å². The highest BCUT2D eigenvalue weighted by Crippen LogP contribution is 2.12. The first kappa shape index (κ1) is 11.3.